The van der Waals surface area contributed by atoms with Crippen molar-refractivity contribution in [3.63, 3.8) is 0 Å². The molecule has 0 aliphatic carbocycles. The van der Waals surface area contributed by atoms with E-state index in [1.54, 1.807) is 42.1 Å². The van der Waals surface area contributed by atoms with E-state index in [0.717, 1.165) is 0 Å². The number of rotatable bonds is 3. The van der Waals surface area contributed by atoms with Crippen LogP contribution in [0.4, 0.5) is 4.79 Å². The smallest absolute Gasteiger partial charge is 0.323 e. The second-order valence-electron chi connectivity index (χ2n) is 6.20. The number of benzene rings is 1. The van der Waals surface area contributed by atoms with Crippen LogP contribution < -0.4 is 5.69 Å². The molecule has 2 amide bonds. The highest BCUT2D eigenvalue weighted by atomic mass is 16.2. The van der Waals surface area contributed by atoms with Crippen LogP contribution >= 0.6 is 0 Å². The van der Waals surface area contributed by atoms with Gasteiger partial charge in [-0.1, -0.05) is 0 Å². The molecule has 0 unspecified atom stereocenters. The highest BCUT2D eigenvalue weighted by Crippen LogP contribution is 2.12. The lowest BCUT2D eigenvalue weighted by Gasteiger charge is -2.35. The second-order valence-corrected chi connectivity index (χ2v) is 6.20. The Morgan fingerprint density at radius 2 is 1.75 bits per heavy atom. The minimum Gasteiger partial charge on any atom is -0.331 e. The zero-order valence-corrected chi connectivity index (χ0v) is 13.8. The molecule has 1 fully saturated rings. The third-order valence-corrected chi connectivity index (χ3v) is 4.23. The summed E-state index contributed by atoms with van der Waals surface area (Å²) in [6.45, 7) is 2.90. The van der Waals surface area contributed by atoms with Gasteiger partial charge in [-0.25, -0.2) is 9.59 Å². The number of carbonyl (C=O) groups is 2. The molecular formula is C16H21N5O3. The van der Waals surface area contributed by atoms with Gasteiger partial charge in [0.1, 0.15) is 0 Å². The molecule has 2 aromatic rings. The van der Waals surface area contributed by atoms with Crippen molar-refractivity contribution in [2.24, 2.45) is 0 Å². The van der Waals surface area contributed by atoms with Crippen LogP contribution in [0.1, 0.15) is 10.4 Å². The average molecular weight is 331 g/mol. The predicted octanol–water partition coefficient (Wildman–Crippen LogP) is 0.338. The van der Waals surface area contributed by atoms with Gasteiger partial charge in [0, 0.05) is 45.8 Å². The Morgan fingerprint density at radius 1 is 1.08 bits per heavy atom. The highest BCUT2D eigenvalue weighted by molar-refractivity contribution is 6.00. The Hall–Kier alpha value is -2.61. The summed E-state index contributed by atoms with van der Waals surface area (Å²) in [4.78, 5) is 46.4. The SMILES string of the molecule is CN(C)C(=O)N1CCN(CC(=O)c2ccc3[nH]c(=O)[nH]c3c2)CC1. The second kappa shape index (κ2) is 6.48. The maximum Gasteiger partial charge on any atom is 0.323 e. The summed E-state index contributed by atoms with van der Waals surface area (Å²) in [7, 11) is 3.47. The van der Waals surface area contributed by atoms with Crippen molar-refractivity contribution >= 4 is 22.8 Å². The summed E-state index contributed by atoms with van der Waals surface area (Å²) in [5, 5.41) is 0. The van der Waals surface area contributed by atoms with Crippen LogP contribution in [-0.4, -0.2) is 83.3 Å². The van der Waals surface area contributed by atoms with E-state index in [0.29, 0.717) is 49.3 Å². The molecule has 1 aliphatic rings. The first kappa shape index (κ1) is 16.3. The number of fused-ring (bicyclic) bond motifs is 1. The number of piperazine rings is 1. The van der Waals surface area contributed by atoms with Crippen LogP contribution in [0.25, 0.3) is 11.0 Å². The molecule has 1 aromatic carbocycles. The molecular weight excluding hydrogens is 310 g/mol. The van der Waals surface area contributed by atoms with Crippen molar-refractivity contribution in [3.05, 3.63) is 34.2 Å². The summed E-state index contributed by atoms with van der Waals surface area (Å²) < 4.78 is 0. The van der Waals surface area contributed by atoms with Crippen molar-refractivity contribution in [2.75, 3.05) is 46.8 Å². The molecule has 1 aliphatic heterocycles. The Labute approximate surface area is 139 Å². The number of H-pyrrole nitrogens is 2. The summed E-state index contributed by atoms with van der Waals surface area (Å²) in [6.07, 6.45) is 0. The van der Waals surface area contributed by atoms with Crippen LogP contribution in [0.15, 0.2) is 23.0 Å². The average Bonchev–Trinajstić information content (AvgIpc) is 2.93. The Balaban J connectivity index is 1.60. The lowest BCUT2D eigenvalue weighted by Crippen LogP contribution is -2.52. The lowest BCUT2D eigenvalue weighted by molar-refractivity contribution is 0.0863. The van der Waals surface area contributed by atoms with Crippen LogP contribution in [0.5, 0.6) is 0 Å². The van der Waals surface area contributed by atoms with Gasteiger partial charge in [-0.2, -0.15) is 0 Å². The Bertz CT molecular complexity index is 814. The number of aromatic amines is 2. The number of carbonyl (C=O) groups excluding carboxylic acids is 2. The van der Waals surface area contributed by atoms with Gasteiger partial charge in [0.15, 0.2) is 5.78 Å². The predicted molar refractivity (Wildman–Crippen MR) is 90.3 cm³/mol. The first-order valence-electron chi connectivity index (χ1n) is 7.88. The van der Waals surface area contributed by atoms with Gasteiger partial charge < -0.3 is 19.8 Å². The number of hydrogen-bond acceptors (Lipinski definition) is 4. The number of nitrogens with zero attached hydrogens (tertiary/aromatic N) is 3. The quantitative estimate of drug-likeness (QED) is 0.793. The van der Waals surface area contributed by atoms with Crippen molar-refractivity contribution in [1.29, 1.82) is 0 Å². The van der Waals surface area contributed by atoms with Crippen molar-refractivity contribution in [2.45, 2.75) is 0 Å². The van der Waals surface area contributed by atoms with Crippen LogP contribution in [-0.2, 0) is 0 Å². The number of urea groups is 1. The zero-order chi connectivity index (χ0) is 17.3. The van der Waals surface area contributed by atoms with Crippen molar-refractivity contribution in [3.8, 4) is 0 Å². The van der Waals surface area contributed by atoms with E-state index in [9.17, 15) is 14.4 Å². The molecule has 8 nitrogen and oxygen atoms in total. The van der Waals surface area contributed by atoms with Crippen molar-refractivity contribution < 1.29 is 9.59 Å². The third kappa shape index (κ3) is 3.33. The van der Waals surface area contributed by atoms with Gasteiger partial charge in [0.25, 0.3) is 0 Å². The molecule has 0 spiro atoms. The number of nitrogens with one attached hydrogen (secondary N) is 2. The summed E-state index contributed by atoms with van der Waals surface area (Å²) in [5.74, 6) is 0.00587. The van der Waals surface area contributed by atoms with Gasteiger partial charge in [-0.05, 0) is 18.2 Å². The molecule has 3 rings (SSSR count). The highest BCUT2D eigenvalue weighted by Gasteiger charge is 2.23. The molecule has 0 atom stereocenters. The number of amides is 2. The largest absolute Gasteiger partial charge is 0.331 e. The van der Waals surface area contributed by atoms with E-state index in [2.05, 4.69) is 9.97 Å². The van der Waals surface area contributed by atoms with Gasteiger partial charge in [-0.15, -0.1) is 0 Å². The Morgan fingerprint density at radius 3 is 2.42 bits per heavy atom. The first-order valence-corrected chi connectivity index (χ1v) is 7.88. The molecule has 1 aromatic heterocycles. The minimum absolute atomic E-state index is 0.00263. The number of ketones is 1. The summed E-state index contributed by atoms with van der Waals surface area (Å²) in [5.41, 5.74) is 1.61. The van der Waals surface area contributed by atoms with Crippen LogP contribution in [0.3, 0.4) is 0 Å². The molecule has 0 radical (unpaired) electrons. The number of hydrogen-bond donors (Lipinski definition) is 2. The van der Waals surface area contributed by atoms with Crippen LogP contribution in [0, 0.1) is 0 Å². The standard InChI is InChI=1S/C16H21N5O3/c1-19(2)16(24)21-7-5-20(6-8-21)10-14(22)11-3-4-12-13(9-11)18-15(23)17-12/h3-4,9H,5-8,10H2,1-2H3,(H2,17,18,23). The van der Waals surface area contributed by atoms with Gasteiger partial charge in [0.2, 0.25) is 0 Å². The molecule has 8 heteroatoms. The molecule has 128 valence electrons. The van der Waals surface area contributed by atoms with Crippen molar-refractivity contribution in [1.82, 2.24) is 24.7 Å². The number of Topliss-reactive ketones (excluding diaryl/α,β-unsaturated/α-hetero) is 1. The lowest BCUT2D eigenvalue weighted by atomic mass is 10.1. The van der Waals surface area contributed by atoms with Gasteiger partial charge in [-0.3, -0.25) is 9.69 Å². The minimum atomic E-state index is -0.281. The fraction of sp³-hybridized carbons (Fsp3) is 0.438. The molecule has 24 heavy (non-hydrogen) atoms. The third-order valence-electron chi connectivity index (χ3n) is 4.23. The summed E-state index contributed by atoms with van der Waals surface area (Å²) in [6, 6.07) is 5.15. The Kier molecular flexibility index (Phi) is 4.39. The topological polar surface area (TPSA) is 92.5 Å². The van der Waals surface area contributed by atoms with Gasteiger partial charge in [0.05, 0.1) is 17.6 Å². The van der Waals surface area contributed by atoms with E-state index in [1.165, 1.54) is 0 Å². The monoisotopic (exact) mass is 331 g/mol. The number of imidazole rings is 1. The molecule has 2 heterocycles. The first-order chi connectivity index (χ1) is 11.4. The maximum absolute atomic E-state index is 12.5. The maximum atomic E-state index is 12.5. The normalized spacial score (nSPS) is 15.7. The van der Waals surface area contributed by atoms with Crippen LogP contribution in [0.2, 0.25) is 0 Å². The number of aromatic nitrogens is 2. The fourth-order valence-corrected chi connectivity index (χ4v) is 2.88. The molecule has 2 N–H and O–H groups in total. The van der Waals surface area contributed by atoms with E-state index < -0.39 is 0 Å². The molecule has 0 bridgehead atoms. The van der Waals surface area contributed by atoms with E-state index in [-0.39, 0.29) is 17.5 Å². The van der Waals surface area contributed by atoms with E-state index in [1.807, 2.05) is 4.90 Å². The summed E-state index contributed by atoms with van der Waals surface area (Å²) >= 11 is 0. The zero-order valence-electron chi connectivity index (χ0n) is 13.8. The van der Waals surface area contributed by atoms with E-state index >= 15 is 0 Å². The van der Waals surface area contributed by atoms with E-state index in [4.69, 9.17) is 0 Å². The fourth-order valence-electron chi connectivity index (χ4n) is 2.88. The molecule has 1 saturated heterocycles. The van der Waals surface area contributed by atoms with Gasteiger partial charge >= 0.3 is 11.7 Å². The molecule has 0 saturated carbocycles.